The molecule has 1 aliphatic rings. The molecule has 2 aromatic carbocycles. The van der Waals surface area contributed by atoms with Crippen molar-refractivity contribution in [3.8, 4) is 5.75 Å². The Hall–Kier alpha value is -2.82. The number of hydrogen-bond donors (Lipinski definition) is 1. The van der Waals surface area contributed by atoms with E-state index in [1.807, 2.05) is 62.4 Å². The second-order valence-electron chi connectivity index (χ2n) is 8.20. The lowest BCUT2D eigenvalue weighted by atomic mass is 10.1. The van der Waals surface area contributed by atoms with Gasteiger partial charge in [-0.25, -0.2) is 0 Å². The predicted molar refractivity (Wildman–Crippen MR) is 118 cm³/mol. The first-order chi connectivity index (χ1) is 14.5. The van der Waals surface area contributed by atoms with Gasteiger partial charge in [0.15, 0.2) is 0 Å². The fourth-order valence-electron chi connectivity index (χ4n) is 3.88. The average Bonchev–Trinajstić information content (AvgIpc) is 3.26. The molecule has 5 heteroatoms. The molecule has 0 radical (unpaired) electrons. The molecular formula is C25H32N2O3. The zero-order valence-corrected chi connectivity index (χ0v) is 18.2. The summed E-state index contributed by atoms with van der Waals surface area (Å²) in [6.07, 6.45) is 4.61. The lowest BCUT2D eigenvalue weighted by molar-refractivity contribution is -0.140. The van der Waals surface area contributed by atoms with Crippen LogP contribution in [0.1, 0.15) is 49.3 Å². The third kappa shape index (κ3) is 5.85. The number of carbonyl (C=O) groups is 2. The largest absolute Gasteiger partial charge is 0.497 e. The van der Waals surface area contributed by atoms with Crippen molar-refractivity contribution < 1.29 is 14.3 Å². The van der Waals surface area contributed by atoms with Crippen LogP contribution in [0.3, 0.4) is 0 Å². The summed E-state index contributed by atoms with van der Waals surface area (Å²) in [6, 6.07) is 15.3. The summed E-state index contributed by atoms with van der Waals surface area (Å²) in [5.74, 6) is 0.624. The maximum atomic E-state index is 13.2. The van der Waals surface area contributed by atoms with Gasteiger partial charge in [-0.2, -0.15) is 0 Å². The summed E-state index contributed by atoms with van der Waals surface area (Å²) >= 11 is 0. The van der Waals surface area contributed by atoms with Gasteiger partial charge in [0.05, 0.1) is 13.5 Å². The van der Waals surface area contributed by atoms with E-state index in [1.54, 1.807) is 12.0 Å². The van der Waals surface area contributed by atoms with E-state index < -0.39 is 6.04 Å². The Labute approximate surface area is 179 Å². The Bertz CT molecular complexity index is 840. The Morgan fingerprint density at radius 1 is 1.03 bits per heavy atom. The highest BCUT2D eigenvalue weighted by Crippen LogP contribution is 2.19. The summed E-state index contributed by atoms with van der Waals surface area (Å²) in [5, 5.41) is 3.14. The van der Waals surface area contributed by atoms with Gasteiger partial charge in [-0.05, 0) is 49.9 Å². The molecule has 30 heavy (non-hydrogen) atoms. The molecule has 0 aromatic heterocycles. The molecule has 0 spiro atoms. The van der Waals surface area contributed by atoms with E-state index in [2.05, 4.69) is 5.32 Å². The summed E-state index contributed by atoms with van der Waals surface area (Å²) in [4.78, 5) is 27.8. The standard InChI is InChI=1S/C25H32N2O3/c1-18-8-10-21(11-9-18)17-27(19(2)25(29)26-22-6-4-5-7-22)24(28)16-20-12-14-23(30-3)15-13-20/h8-15,19,22H,4-7,16-17H2,1-3H3,(H,26,29)/t19-/m0/s1. The van der Waals surface area contributed by atoms with Gasteiger partial charge < -0.3 is 15.0 Å². The highest BCUT2D eigenvalue weighted by molar-refractivity contribution is 5.88. The second kappa shape index (κ2) is 10.3. The van der Waals surface area contributed by atoms with Gasteiger partial charge in [0.25, 0.3) is 0 Å². The third-order valence-corrected chi connectivity index (χ3v) is 5.86. The van der Waals surface area contributed by atoms with Gasteiger partial charge in [-0.1, -0.05) is 54.8 Å². The smallest absolute Gasteiger partial charge is 0.242 e. The van der Waals surface area contributed by atoms with Gasteiger partial charge in [0.1, 0.15) is 11.8 Å². The Morgan fingerprint density at radius 2 is 1.63 bits per heavy atom. The van der Waals surface area contributed by atoms with Gasteiger partial charge >= 0.3 is 0 Å². The molecule has 0 aliphatic heterocycles. The van der Waals surface area contributed by atoms with Crippen molar-refractivity contribution in [2.45, 2.75) is 64.6 Å². The van der Waals surface area contributed by atoms with Crippen LogP contribution in [0, 0.1) is 6.92 Å². The molecular weight excluding hydrogens is 376 g/mol. The zero-order valence-electron chi connectivity index (χ0n) is 18.2. The number of ether oxygens (including phenoxy) is 1. The van der Waals surface area contributed by atoms with E-state index in [0.717, 1.165) is 42.6 Å². The van der Waals surface area contributed by atoms with Crippen molar-refractivity contribution >= 4 is 11.8 Å². The fourth-order valence-corrected chi connectivity index (χ4v) is 3.88. The van der Waals surface area contributed by atoms with Crippen LogP contribution in [0.15, 0.2) is 48.5 Å². The van der Waals surface area contributed by atoms with Crippen LogP contribution in [0.25, 0.3) is 0 Å². The molecule has 2 aromatic rings. The van der Waals surface area contributed by atoms with E-state index in [4.69, 9.17) is 4.74 Å². The Balaban J connectivity index is 1.74. The predicted octanol–water partition coefficient (Wildman–Crippen LogP) is 4.02. The molecule has 1 fully saturated rings. The van der Waals surface area contributed by atoms with Gasteiger partial charge in [0.2, 0.25) is 11.8 Å². The topological polar surface area (TPSA) is 58.6 Å². The van der Waals surface area contributed by atoms with Gasteiger partial charge in [-0.15, -0.1) is 0 Å². The number of aryl methyl sites for hydroxylation is 1. The molecule has 2 amide bonds. The normalized spacial score (nSPS) is 14.9. The molecule has 1 atom stereocenters. The summed E-state index contributed by atoms with van der Waals surface area (Å²) in [6.45, 7) is 4.27. The quantitative estimate of drug-likeness (QED) is 0.718. The van der Waals surface area contributed by atoms with Gasteiger partial charge in [0, 0.05) is 12.6 Å². The fraction of sp³-hybridized carbons (Fsp3) is 0.440. The van der Waals surface area contributed by atoms with Crippen LogP contribution in [0.4, 0.5) is 0 Å². The van der Waals surface area contributed by atoms with Crippen LogP contribution in [-0.4, -0.2) is 35.9 Å². The number of rotatable bonds is 8. The molecule has 5 nitrogen and oxygen atoms in total. The highest BCUT2D eigenvalue weighted by atomic mass is 16.5. The van der Waals surface area contributed by atoms with E-state index in [9.17, 15) is 9.59 Å². The number of amides is 2. The summed E-state index contributed by atoms with van der Waals surface area (Å²) < 4.78 is 5.19. The maximum Gasteiger partial charge on any atom is 0.242 e. The molecule has 0 bridgehead atoms. The molecule has 0 saturated heterocycles. The number of nitrogens with zero attached hydrogens (tertiary/aromatic N) is 1. The van der Waals surface area contributed by atoms with Crippen molar-refractivity contribution in [2.24, 2.45) is 0 Å². The average molecular weight is 409 g/mol. The van der Waals surface area contributed by atoms with Crippen molar-refractivity contribution in [1.29, 1.82) is 0 Å². The summed E-state index contributed by atoms with van der Waals surface area (Å²) in [5.41, 5.74) is 3.09. The number of benzene rings is 2. The van der Waals surface area contributed by atoms with Crippen molar-refractivity contribution in [3.05, 3.63) is 65.2 Å². The SMILES string of the molecule is COc1ccc(CC(=O)N(Cc2ccc(C)cc2)[C@@H](C)C(=O)NC2CCCC2)cc1. The lowest BCUT2D eigenvalue weighted by Gasteiger charge is -2.30. The Morgan fingerprint density at radius 3 is 2.23 bits per heavy atom. The van der Waals surface area contributed by atoms with Crippen LogP contribution < -0.4 is 10.1 Å². The minimum Gasteiger partial charge on any atom is -0.497 e. The zero-order chi connectivity index (χ0) is 21.5. The first-order valence-electron chi connectivity index (χ1n) is 10.7. The number of methoxy groups -OCH3 is 1. The lowest BCUT2D eigenvalue weighted by Crippen LogP contribution is -2.50. The number of hydrogen-bond acceptors (Lipinski definition) is 3. The molecule has 3 rings (SSSR count). The number of nitrogens with one attached hydrogen (secondary N) is 1. The molecule has 1 aliphatic carbocycles. The summed E-state index contributed by atoms with van der Waals surface area (Å²) in [7, 11) is 1.62. The first kappa shape index (κ1) is 21.9. The maximum absolute atomic E-state index is 13.2. The van der Waals surface area contributed by atoms with E-state index in [-0.39, 0.29) is 24.3 Å². The minimum absolute atomic E-state index is 0.0604. The van der Waals surface area contributed by atoms with E-state index in [0.29, 0.717) is 6.54 Å². The Kier molecular flexibility index (Phi) is 7.50. The molecule has 1 saturated carbocycles. The minimum atomic E-state index is -0.530. The molecule has 0 heterocycles. The number of carbonyl (C=O) groups excluding carboxylic acids is 2. The van der Waals surface area contributed by atoms with E-state index >= 15 is 0 Å². The van der Waals surface area contributed by atoms with E-state index in [1.165, 1.54) is 5.56 Å². The monoisotopic (exact) mass is 408 g/mol. The molecule has 1 N–H and O–H groups in total. The second-order valence-corrected chi connectivity index (χ2v) is 8.20. The highest BCUT2D eigenvalue weighted by Gasteiger charge is 2.28. The third-order valence-electron chi connectivity index (χ3n) is 5.86. The van der Waals surface area contributed by atoms with Crippen LogP contribution in [0.2, 0.25) is 0 Å². The van der Waals surface area contributed by atoms with Crippen LogP contribution in [0.5, 0.6) is 5.75 Å². The van der Waals surface area contributed by atoms with Crippen molar-refractivity contribution in [2.75, 3.05) is 7.11 Å². The van der Waals surface area contributed by atoms with Crippen molar-refractivity contribution in [3.63, 3.8) is 0 Å². The van der Waals surface area contributed by atoms with Gasteiger partial charge in [-0.3, -0.25) is 9.59 Å². The molecule has 0 unspecified atom stereocenters. The van der Waals surface area contributed by atoms with Crippen molar-refractivity contribution in [1.82, 2.24) is 10.2 Å². The molecule has 160 valence electrons. The first-order valence-corrected chi connectivity index (χ1v) is 10.7. The van der Waals surface area contributed by atoms with Crippen LogP contribution in [-0.2, 0) is 22.6 Å². The van der Waals surface area contributed by atoms with Crippen LogP contribution >= 0.6 is 0 Å².